The molecule has 0 aliphatic rings. The first-order chi connectivity index (χ1) is 19.4. The highest BCUT2D eigenvalue weighted by atomic mass is 16.5. The minimum atomic E-state index is 0.624. The van der Waals surface area contributed by atoms with Crippen LogP contribution in [-0.4, -0.2) is 16.3 Å². The summed E-state index contributed by atoms with van der Waals surface area (Å²) in [5.74, 6) is 2.94. The van der Waals surface area contributed by atoms with Gasteiger partial charge >= 0.3 is 0 Å². The molecule has 0 bridgehead atoms. The van der Waals surface area contributed by atoms with Crippen molar-refractivity contribution in [1.82, 2.24) is 9.97 Å². The number of benzene rings is 4. The molecule has 0 atom stereocenters. The van der Waals surface area contributed by atoms with E-state index in [1.165, 1.54) is 0 Å². The molecule has 40 heavy (non-hydrogen) atoms. The maximum atomic E-state index is 11.4. The molecule has 0 spiro atoms. The second-order valence-electron chi connectivity index (χ2n) is 10.1. The number of para-hydroxylation sites is 3. The van der Waals surface area contributed by atoms with Crippen molar-refractivity contribution >= 4 is 28.1 Å². The maximum Gasteiger partial charge on any atom is 0.150 e. The van der Waals surface area contributed by atoms with Gasteiger partial charge in [0.25, 0.3) is 0 Å². The van der Waals surface area contributed by atoms with Gasteiger partial charge in [0.1, 0.15) is 29.3 Å². The van der Waals surface area contributed by atoms with Crippen LogP contribution in [0.5, 0.6) is 23.0 Å². The van der Waals surface area contributed by atoms with E-state index in [9.17, 15) is 4.79 Å². The Morgan fingerprint density at radius 3 is 1.48 bits per heavy atom. The van der Waals surface area contributed by atoms with Crippen LogP contribution >= 0.6 is 0 Å². The van der Waals surface area contributed by atoms with E-state index in [2.05, 4.69) is 0 Å². The SMILES string of the molecule is Cc1cccc(C)c1Oc1cc(-c2cc(Oc3c(C)cc(C=O)cc3C)c3ccccc3n2)nc2ccccc12. The number of carbonyl (C=O) groups is 1. The van der Waals surface area contributed by atoms with Crippen LogP contribution in [0.1, 0.15) is 32.6 Å². The van der Waals surface area contributed by atoms with Crippen molar-refractivity contribution in [2.75, 3.05) is 0 Å². The van der Waals surface area contributed by atoms with Gasteiger partial charge < -0.3 is 9.47 Å². The Labute approximate surface area is 233 Å². The van der Waals surface area contributed by atoms with E-state index in [1.54, 1.807) is 0 Å². The molecule has 0 radical (unpaired) electrons. The van der Waals surface area contributed by atoms with E-state index < -0.39 is 0 Å². The molecule has 196 valence electrons. The Morgan fingerprint density at radius 1 is 0.550 bits per heavy atom. The Morgan fingerprint density at radius 2 is 1.00 bits per heavy atom. The minimum Gasteiger partial charge on any atom is -0.456 e. The van der Waals surface area contributed by atoms with Crippen molar-refractivity contribution in [3.63, 3.8) is 0 Å². The van der Waals surface area contributed by atoms with Crippen molar-refractivity contribution in [3.8, 4) is 34.4 Å². The van der Waals surface area contributed by atoms with Gasteiger partial charge in [0.2, 0.25) is 0 Å². The van der Waals surface area contributed by atoms with Crippen molar-refractivity contribution in [2.24, 2.45) is 0 Å². The Hall–Kier alpha value is -5.03. The van der Waals surface area contributed by atoms with Crippen LogP contribution in [0.3, 0.4) is 0 Å². The highest BCUT2D eigenvalue weighted by Gasteiger charge is 2.17. The van der Waals surface area contributed by atoms with Gasteiger partial charge in [0.15, 0.2) is 0 Å². The summed E-state index contributed by atoms with van der Waals surface area (Å²) in [5.41, 5.74) is 7.49. The molecule has 6 rings (SSSR count). The number of pyridine rings is 2. The van der Waals surface area contributed by atoms with Gasteiger partial charge in [-0.15, -0.1) is 0 Å². The first kappa shape index (κ1) is 25.3. The van der Waals surface area contributed by atoms with Crippen LogP contribution < -0.4 is 9.47 Å². The van der Waals surface area contributed by atoms with Gasteiger partial charge in [-0.25, -0.2) is 9.97 Å². The number of rotatable bonds is 6. The van der Waals surface area contributed by atoms with Gasteiger partial charge in [0, 0.05) is 28.5 Å². The average Bonchev–Trinajstić information content (AvgIpc) is 2.96. The molecule has 0 N–H and O–H groups in total. The van der Waals surface area contributed by atoms with Crippen molar-refractivity contribution < 1.29 is 14.3 Å². The van der Waals surface area contributed by atoms with Gasteiger partial charge in [-0.1, -0.05) is 42.5 Å². The third-order valence-corrected chi connectivity index (χ3v) is 7.07. The molecule has 5 nitrogen and oxygen atoms in total. The van der Waals surface area contributed by atoms with Crippen LogP contribution in [0.2, 0.25) is 0 Å². The third kappa shape index (κ3) is 4.67. The fourth-order valence-electron chi connectivity index (χ4n) is 5.11. The van der Waals surface area contributed by atoms with E-state index in [-0.39, 0.29) is 0 Å². The highest BCUT2D eigenvalue weighted by Crippen LogP contribution is 2.39. The van der Waals surface area contributed by atoms with Crippen molar-refractivity contribution in [2.45, 2.75) is 27.7 Å². The molecule has 0 aliphatic heterocycles. The van der Waals surface area contributed by atoms with Crippen molar-refractivity contribution in [1.29, 1.82) is 0 Å². The van der Waals surface area contributed by atoms with E-state index in [4.69, 9.17) is 19.4 Å². The molecule has 6 aromatic rings. The Balaban J connectivity index is 1.52. The lowest BCUT2D eigenvalue weighted by molar-refractivity contribution is 0.112. The van der Waals surface area contributed by atoms with Crippen LogP contribution in [0.4, 0.5) is 0 Å². The topological polar surface area (TPSA) is 61.3 Å². The van der Waals surface area contributed by atoms with Crippen LogP contribution in [0.15, 0.2) is 91.0 Å². The summed E-state index contributed by atoms with van der Waals surface area (Å²) in [5, 5.41) is 1.81. The fourth-order valence-corrected chi connectivity index (χ4v) is 5.11. The predicted octanol–water partition coefficient (Wildman–Crippen LogP) is 9.08. The summed E-state index contributed by atoms with van der Waals surface area (Å²) in [7, 11) is 0. The second kappa shape index (κ2) is 10.3. The number of hydrogen-bond acceptors (Lipinski definition) is 5. The lowest BCUT2D eigenvalue weighted by Crippen LogP contribution is -1.98. The lowest BCUT2D eigenvalue weighted by atomic mass is 10.1. The number of aryl methyl sites for hydroxylation is 4. The van der Waals surface area contributed by atoms with E-state index in [0.717, 1.165) is 61.8 Å². The number of aromatic nitrogens is 2. The van der Waals surface area contributed by atoms with E-state index in [0.29, 0.717) is 28.5 Å². The summed E-state index contributed by atoms with van der Waals surface area (Å²) < 4.78 is 13.1. The first-order valence-corrected chi connectivity index (χ1v) is 13.2. The molecule has 0 saturated heterocycles. The van der Waals surface area contributed by atoms with Gasteiger partial charge in [0.05, 0.1) is 22.4 Å². The Kier molecular flexibility index (Phi) is 6.48. The number of carbonyl (C=O) groups excluding carboxylic acids is 1. The fraction of sp³-hybridized carbons (Fsp3) is 0.114. The smallest absolute Gasteiger partial charge is 0.150 e. The highest BCUT2D eigenvalue weighted by molar-refractivity contribution is 5.91. The van der Waals surface area contributed by atoms with Gasteiger partial charge in [-0.05, 0) is 86.3 Å². The van der Waals surface area contributed by atoms with Crippen LogP contribution in [0, 0.1) is 27.7 Å². The molecule has 2 aromatic heterocycles. The van der Waals surface area contributed by atoms with Crippen molar-refractivity contribution in [3.05, 3.63) is 119 Å². The lowest BCUT2D eigenvalue weighted by Gasteiger charge is -2.16. The molecule has 0 amide bonds. The number of hydrogen-bond donors (Lipinski definition) is 0. The third-order valence-electron chi connectivity index (χ3n) is 7.07. The number of nitrogens with zero attached hydrogens (tertiary/aromatic N) is 2. The summed E-state index contributed by atoms with van der Waals surface area (Å²) in [6.07, 6.45) is 0.854. The summed E-state index contributed by atoms with van der Waals surface area (Å²) >= 11 is 0. The summed E-state index contributed by atoms with van der Waals surface area (Å²) in [6, 6.07) is 29.5. The summed E-state index contributed by atoms with van der Waals surface area (Å²) in [6.45, 7) is 7.99. The molecule has 2 heterocycles. The molecule has 5 heteroatoms. The van der Waals surface area contributed by atoms with E-state index in [1.807, 2.05) is 119 Å². The number of fused-ring (bicyclic) bond motifs is 2. The van der Waals surface area contributed by atoms with Gasteiger partial charge in [-0.2, -0.15) is 0 Å². The molecular weight excluding hydrogens is 496 g/mol. The molecule has 0 unspecified atom stereocenters. The quantitative estimate of drug-likeness (QED) is 0.203. The molecular formula is C35H28N2O3. The zero-order valence-corrected chi connectivity index (χ0v) is 22.9. The second-order valence-corrected chi connectivity index (χ2v) is 10.1. The minimum absolute atomic E-state index is 0.624. The first-order valence-electron chi connectivity index (χ1n) is 13.2. The normalized spacial score (nSPS) is 11.1. The van der Waals surface area contributed by atoms with E-state index >= 15 is 0 Å². The molecule has 0 fully saturated rings. The van der Waals surface area contributed by atoms with Gasteiger partial charge in [-0.3, -0.25) is 4.79 Å². The zero-order chi connectivity index (χ0) is 27.8. The largest absolute Gasteiger partial charge is 0.456 e. The molecule has 0 aliphatic carbocycles. The predicted molar refractivity (Wildman–Crippen MR) is 160 cm³/mol. The van der Waals surface area contributed by atoms with Crippen LogP contribution in [-0.2, 0) is 0 Å². The zero-order valence-electron chi connectivity index (χ0n) is 22.9. The Bertz CT molecular complexity index is 1880. The molecule has 0 saturated carbocycles. The number of aldehydes is 1. The number of ether oxygens (including phenoxy) is 2. The van der Waals surface area contributed by atoms with Crippen LogP contribution in [0.25, 0.3) is 33.2 Å². The summed E-state index contributed by atoms with van der Waals surface area (Å²) in [4.78, 5) is 21.3. The molecule has 4 aromatic carbocycles. The maximum absolute atomic E-state index is 11.4. The standard InChI is InChI=1S/C35H28N2O3/c1-21-10-9-11-22(2)34(21)39-32-18-30(36-28-14-7-5-12-26(28)32)31-19-33(27-13-6-8-15-29(27)37-31)40-35-23(3)16-25(20-38)17-24(35)4/h5-20H,1-4H3. The average molecular weight is 525 g/mol. The monoisotopic (exact) mass is 524 g/mol.